The van der Waals surface area contributed by atoms with Gasteiger partial charge < -0.3 is 24.0 Å². The van der Waals surface area contributed by atoms with E-state index in [9.17, 15) is 14.2 Å². The van der Waals surface area contributed by atoms with Crippen LogP contribution < -0.4 is 0 Å². The van der Waals surface area contributed by atoms with Gasteiger partial charge in [0.2, 0.25) is 0 Å². The van der Waals surface area contributed by atoms with Gasteiger partial charge in [-0.2, -0.15) is 0 Å². The number of rotatable bonds is 33. The van der Waals surface area contributed by atoms with Crippen LogP contribution in [-0.2, 0) is 32.9 Å². The summed E-state index contributed by atoms with van der Waals surface area (Å²) in [5.41, 5.74) is 0. The molecule has 1 saturated heterocycles. The molecule has 0 aromatic rings. The Bertz CT molecular complexity index is 857. The minimum atomic E-state index is -4.75. The van der Waals surface area contributed by atoms with Crippen molar-refractivity contribution >= 4 is 19.8 Å². The molecule has 3 atom stereocenters. The molecule has 9 nitrogen and oxygen atoms in total. The summed E-state index contributed by atoms with van der Waals surface area (Å²) in [5.74, 6) is -0.105. The van der Waals surface area contributed by atoms with Crippen LogP contribution in [-0.4, -0.2) is 53.3 Å². The van der Waals surface area contributed by atoms with E-state index in [-0.39, 0.29) is 19.4 Å². The number of hydrogen-bond donors (Lipinski definition) is 2. The largest absolute Gasteiger partial charge is 0.469 e. The van der Waals surface area contributed by atoms with Gasteiger partial charge in [-0.05, 0) is 44.4 Å². The molecule has 0 aromatic carbocycles. The van der Waals surface area contributed by atoms with Crippen LogP contribution in [0.25, 0.3) is 0 Å². The van der Waals surface area contributed by atoms with Crippen molar-refractivity contribution in [3.05, 3.63) is 12.2 Å². The average Bonchev–Trinajstić information content (AvgIpc) is 3.77. The van der Waals surface area contributed by atoms with Crippen LogP contribution in [0.4, 0.5) is 0 Å². The molecule has 0 radical (unpaired) electrons. The molecular weight excluding hydrogens is 619 g/mol. The zero-order valence-corrected chi connectivity index (χ0v) is 30.9. The number of hydrogen-bond acceptors (Lipinski definition) is 7. The number of unbranched alkanes of at least 4 members (excludes halogenated alkanes) is 16. The third kappa shape index (κ3) is 29.4. The number of carbonyl (C=O) groups is 2. The summed E-state index contributed by atoms with van der Waals surface area (Å²) in [6, 6.07) is 0. The van der Waals surface area contributed by atoms with Crippen molar-refractivity contribution in [3.8, 4) is 0 Å². The topological polar surface area (TPSA) is 132 Å². The smallest absolute Gasteiger partial charge is 0.462 e. The molecule has 0 amide bonds. The molecule has 1 aliphatic heterocycles. The van der Waals surface area contributed by atoms with Gasteiger partial charge in [-0.1, -0.05) is 136 Å². The molecule has 2 unspecified atom stereocenters. The first-order valence-corrected chi connectivity index (χ1v) is 20.5. The second kappa shape index (κ2) is 28.6. The van der Waals surface area contributed by atoms with E-state index in [0.29, 0.717) is 18.6 Å². The van der Waals surface area contributed by atoms with Gasteiger partial charge in [-0.15, -0.1) is 0 Å². The van der Waals surface area contributed by atoms with Crippen LogP contribution >= 0.6 is 7.82 Å². The van der Waals surface area contributed by atoms with Crippen LogP contribution in [0.5, 0.6) is 0 Å². The fraction of sp³-hybridized carbons (Fsp3) is 0.892. The molecule has 47 heavy (non-hydrogen) atoms. The SMILES string of the molecule is CCCCC/C=C\CC1OC1CCCCCCCC(=O)O[C@H](COC(=O)CCCCCCCCCCCCC(C)C)COP(=O)(O)O. The number of carbonyl (C=O) groups excluding carboxylic acids is 2. The number of esters is 2. The van der Waals surface area contributed by atoms with E-state index in [1.165, 1.54) is 70.6 Å². The highest BCUT2D eigenvalue weighted by Gasteiger charge is 2.36. The minimum absolute atomic E-state index is 0.191. The first kappa shape index (κ1) is 43.8. The number of phosphoric ester groups is 1. The van der Waals surface area contributed by atoms with Crippen LogP contribution in [0.2, 0.25) is 0 Å². The summed E-state index contributed by atoms with van der Waals surface area (Å²) in [6.45, 7) is 5.94. The summed E-state index contributed by atoms with van der Waals surface area (Å²) < 4.78 is 32.1. The molecule has 10 heteroatoms. The Balaban J connectivity index is 2.10. The highest BCUT2D eigenvalue weighted by atomic mass is 31.2. The van der Waals surface area contributed by atoms with Crippen molar-refractivity contribution in [2.75, 3.05) is 13.2 Å². The Kier molecular flexibility index (Phi) is 26.6. The maximum atomic E-state index is 12.4. The first-order chi connectivity index (χ1) is 22.6. The Morgan fingerprint density at radius 2 is 1.30 bits per heavy atom. The van der Waals surface area contributed by atoms with Crippen molar-refractivity contribution < 1.29 is 42.7 Å². The molecule has 276 valence electrons. The maximum Gasteiger partial charge on any atom is 0.469 e. The summed E-state index contributed by atoms with van der Waals surface area (Å²) in [5, 5.41) is 0. The quantitative estimate of drug-likeness (QED) is 0.0227. The first-order valence-electron chi connectivity index (χ1n) is 19.0. The van der Waals surface area contributed by atoms with Gasteiger partial charge >= 0.3 is 19.8 Å². The second-order valence-electron chi connectivity index (χ2n) is 13.8. The van der Waals surface area contributed by atoms with Crippen LogP contribution in [0.15, 0.2) is 12.2 Å². The highest BCUT2D eigenvalue weighted by molar-refractivity contribution is 7.46. The van der Waals surface area contributed by atoms with E-state index in [1.807, 2.05) is 0 Å². The van der Waals surface area contributed by atoms with Gasteiger partial charge in [-0.25, -0.2) is 4.57 Å². The van der Waals surface area contributed by atoms with Crippen molar-refractivity contribution in [2.24, 2.45) is 5.92 Å². The maximum absolute atomic E-state index is 12.4. The van der Waals surface area contributed by atoms with Crippen molar-refractivity contribution in [1.29, 1.82) is 0 Å². The van der Waals surface area contributed by atoms with Crippen LogP contribution in [0.3, 0.4) is 0 Å². The van der Waals surface area contributed by atoms with Crippen molar-refractivity contribution in [2.45, 2.75) is 193 Å². The third-order valence-electron chi connectivity index (χ3n) is 8.64. The Morgan fingerprint density at radius 1 is 0.723 bits per heavy atom. The zero-order valence-electron chi connectivity index (χ0n) is 30.0. The predicted molar refractivity (Wildman–Crippen MR) is 188 cm³/mol. The molecule has 2 N–H and O–H groups in total. The second-order valence-corrected chi connectivity index (χ2v) is 15.0. The Morgan fingerprint density at radius 3 is 1.89 bits per heavy atom. The van der Waals surface area contributed by atoms with E-state index in [0.717, 1.165) is 70.1 Å². The zero-order chi connectivity index (χ0) is 34.6. The molecule has 1 aliphatic rings. The molecule has 1 fully saturated rings. The number of allylic oxidation sites excluding steroid dienone is 1. The molecule has 0 bridgehead atoms. The normalized spacial score (nSPS) is 17.0. The van der Waals surface area contributed by atoms with Gasteiger partial charge in [0.1, 0.15) is 6.61 Å². The molecule has 0 aromatic heterocycles. The van der Waals surface area contributed by atoms with E-state index < -0.39 is 32.5 Å². The van der Waals surface area contributed by atoms with E-state index in [1.54, 1.807) is 0 Å². The monoisotopic (exact) mass is 688 g/mol. The van der Waals surface area contributed by atoms with Gasteiger partial charge in [-0.3, -0.25) is 14.1 Å². The van der Waals surface area contributed by atoms with Gasteiger partial charge in [0, 0.05) is 12.8 Å². The predicted octanol–water partition coefficient (Wildman–Crippen LogP) is 9.91. The lowest BCUT2D eigenvalue weighted by Gasteiger charge is -2.18. The molecular formula is C37H69O9P. The van der Waals surface area contributed by atoms with Crippen LogP contribution in [0, 0.1) is 5.92 Å². The average molecular weight is 689 g/mol. The van der Waals surface area contributed by atoms with Gasteiger partial charge in [0.25, 0.3) is 0 Å². The number of epoxide rings is 1. The van der Waals surface area contributed by atoms with Crippen molar-refractivity contribution in [3.63, 3.8) is 0 Å². The molecule has 0 aliphatic carbocycles. The summed E-state index contributed by atoms with van der Waals surface area (Å²) in [6.07, 6.45) is 29.6. The molecule has 0 saturated carbocycles. The lowest BCUT2D eigenvalue weighted by molar-refractivity contribution is -0.161. The molecule has 1 rings (SSSR count). The lowest BCUT2D eigenvalue weighted by atomic mass is 10.0. The third-order valence-corrected chi connectivity index (χ3v) is 9.12. The molecule has 1 heterocycles. The summed E-state index contributed by atoms with van der Waals surface area (Å²) in [4.78, 5) is 42.7. The van der Waals surface area contributed by atoms with Gasteiger partial charge in [0.05, 0.1) is 18.8 Å². The molecule has 0 spiro atoms. The van der Waals surface area contributed by atoms with E-state index >= 15 is 0 Å². The standard InChI is InChI=1S/C37H69O9P/c1-4-5-6-7-16-21-26-34-35(46-34)27-22-17-14-19-24-29-37(39)45-33(31-44-47(40,41)42)30-43-36(38)28-23-18-13-11-9-8-10-12-15-20-25-32(2)3/h16,21,32-35H,4-15,17-20,22-31H2,1-3H3,(H2,40,41,42)/b21-16-/t33-,34?,35?/m1/s1. The Hall–Kier alpha value is -1.25. The fourth-order valence-corrected chi connectivity index (χ4v) is 6.04. The van der Waals surface area contributed by atoms with E-state index in [4.69, 9.17) is 24.0 Å². The fourth-order valence-electron chi connectivity index (χ4n) is 5.68. The summed E-state index contributed by atoms with van der Waals surface area (Å²) >= 11 is 0. The highest BCUT2D eigenvalue weighted by Crippen LogP contribution is 2.36. The summed E-state index contributed by atoms with van der Waals surface area (Å²) in [7, 11) is -4.75. The van der Waals surface area contributed by atoms with Crippen LogP contribution in [0.1, 0.15) is 175 Å². The Labute approximate surface area is 286 Å². The van der Waals surface area contributed by atoms with Gasteiger partial charge in [0.15, 0.2) is 6.10 Å². The number of phosphoric acid groups is 1. The van der Waals surface area contributed by atoms with E-state index in [2.05, 4.69) is 37.4 Å². The number of ether oxygens (including phenoxy) is 3. The lowest BCUT2D eigenvalue weighted by Crippen LogP contribution is -2.29. The van der Waals surface area contributed by atoms with Crippen molar-refractivity contribution in [1.82, 2.24) is 0 Å². The minimum Gasteiger partial charge on any atom is -0.462 e.